The molecular weight excluding hydrogens is 493 g/mol. The van der Waals surface area contributed by atoms with E-state index in [1.165, 1.54) is 12.4 Å². The first-order chi connectivity index (χ1) is 15.0. The lowest BCUT2D eigenvalue weighted by atomic mass is 10.1. The summed E-state index contributed by atoms with van der Waals surface area (Å²) in [6, 6.07) is 6.51. The molecule has 2 aliphatic heterocycles. The van der Waals surface area contributed by atoms with Crippen LogP contribution >= 0.6 is 27.5 Å². The van der Waals surface area contributed by atoms with Crippen LogP contribution in [-0.2, 0) is 9.47 Å². The maximum absolute atomic E-state index is 14.1. The molecule has 0 radical (unpaired) electrons. The van der Waals surface area contributed by atoms with Gasteiger partial charge >= 0.3 is 0 Å². The van der Waals surface area contributed by atoms with Crippen molar-refractivity contribution in [2.24, 2.45) is 0 Å². The Labute approximate surface area is 190 Å². The van der Waals surface area contributed by atoms with Crippen LogP contribution in [0.2, 0.25) is 5.02 Å². The maximum atomic E-state index is 14.1. The van der Waals surface area contributed by atoms with Gasteiger partial charge in [0.25, 0.3) is 0 Å². The van der Waals surface area contributed by atoms with Gasteiger partial charge in [-0.25, -0.2) is 14.4 Å². The van der Waals surface area contributed by atoms with Gasteiger partial charge in [-0.3, -0.25) is 0 Å². The standard InChI is InChI=1S/C21H18BrClFN3O4/c1-28-16-6-11-14(7-17(16)31-18-8-30-15-2-3-29-20(15)18)25-9-26-21(11)27-10-4-12(23)19(22)13(24)5-10/h4-7,9,15,18,20H,2-3,8H2,1H3,(H,25,26,27)/t15?,18-,20?/m1/s1. The van der Waals surface area contributed by atoms with Gasteiger partial charge in [0, 0.05) is 23.7 Å². The highest BCUT2D eigenvalue weighted by Gasteiger charge is 2.43. The van der Waals surface area contributed by atoms with Gasteiger partial charge in [-0.05, 0) is 40.5 Å². The van der Waals surface area contributed by atoms with Crippen molar-refractivity contribution < 1.29 is 23.3 Å². The van der Waals surface area contributed by atoms with E-state index >= 15 is 0 Å². The van der Waals surface area contributed by atoms with Crippen molar-refractivity contribution >= 4 is 49.9 Å². The molecule has 31 heavy (non-hydrogen) atoms. The van der Waals surface area contributed by atoms with E-state index in [1.54, 1.807) is 25.3 Å². The molecule has 3 aromatic rings. The van der Waals surface area contributed by atoms with Crippen LogP contribution in [0, 0.1) is 5.82 Å². The highest BCUT2D eigenvalue weighted by molar-refractivity contribution is 9.10. The van der Waals surface area contributed by atoms with Gasteiger partial charge in [0.1, 0.15) is 24.1 Å². The fraction of sp³-hybridized carbons (Fsp3) is 0.333. The quantitative estimate of drug-likeness (QED) is 0.491. The number of aromatic nitrogens is 2. The molecule has 2 fully saturated rings. The Hall–Kier alpha value is -2.20. The van der Waals surface area contributed by atoms with Crippen molar-refractivity contribution in [1.82, 2.24) is 9.97 Å². The molecule has 2 aliphatic rings. The first-order valence-electron chi connectivity index (χ1n) is 9.67. The van der Waals surface area contributed by atoms with Crippen molar-refractivity contribution in [1.29, 1.82) is 0 Å². The Kier molecular flexibility index (Phi) is 5.60. The minimum Gasteiger partial charge on any atom is -0.493 e. The van der Waals surface area contributed by atoms with Crippen LogP contribution in [0.3, 0.4) is 0 Å². The van der Waals surface area contributed by atoms with Crippen LogP contribution in [0.5, 0.6) is 11.5 Å². The molecule has 1 N–H and O–H groups in total. The summed E-state index contributed by atoms with van der Waals surface area (Å²) in [4.78, 5) is 8.65. The summed E-state index contributed by atoms with van der Waals surface area (Å²) in [5.74, 6) is 1.07. The van der Waals surface area contributed by atoms with Gasteiger partial charge in [-0.15, -0.1) is 0 Å². The minimum atomic E-state index is -0.479. The highest BCUT2D eigenvalue weighted by Crippen LogP contribution is 2.38. The lowest BCUT2D eigenvalue weighted by Crippen LogP contribution is -2.32. The van der Waals surface area contributed by atoms with E-state index in [4.69, 9.17) is 30.5 Å². The van der Waals surface area contributed by atoms with E-state index in [-0.39, 0.29) is 27.8 Å². The first kappa shape index (κ1) is 20.7. The van der Waals surface area contributed by atoms with Crippen LogP contribution in [0.1, 0.15) is 6.42 Å². The lowest BCUT2D eigenvalue weighted by Gasteiger charge is -2.20. The van der Waals surface area contributed by atoms with E-state index in [0.29, 0.717) is 47.1 Å². The van der Waals surface area contributed by atoms with Crippen LogP contribution in [-0.4, -0.2) is 48.6 Å². The van der Waals surface area contributed by atoms with Gasteiger partial charge in [0.2, 0.25) is 0 Å². The summed E-state index contributed by atoms with van der Waals surface area (Å²) in [6.45, 7) is 1.13. The highest BCUT2D eigenvalue weighted by atomic mass is 79.9. The second-order valence-electron chi connectivity index (χ2n) is 7.27. The molecule has 2 aromatic carbocycles. The molecule has 0 spiro atoms. The van der Waals surface area contributed by atoms with Crippen molar-refractivity contribution in [3.63, 3.8) is 0 Å². The molecule has 3 heterocycles. The summed E-state index contributed by atoms with van der Waals surface area (Å²) in [7, 11) is 1.56. The van der Waals surface area contributed by atoms with Crippen LogP contribution in [0.15, 0.2) is 35.1 Å². The summed E-state index contributed by atoms with van der Waals surface area (Å²) in [5.41, 5.74) is 1.09. The summed E-state index contributed by atoms with van der Waals surface area (Å²) in [5, 5.41) is 4.03. The average Bonchev–Trinajstić information content (AvgIpc) is 3.37. The molecule has 1 aromatic heterocycles. The smallest absolute Gasteiger partial charge is 0.164 e. The first-order valence-corrected chi connectivity index (χ1v) is 10.8. The van der Waals surface area contributed by atoms with Gasteiger partial charge in [-0.2, -0.15) is 0 Å². The molecule has 0 saturated carbocycles. The number of methoxy groups -OCH3 is 1. The van der Waals surface area contributed by atoms with Crippen LogP contribution in [0.25, 0.3) is 10.9 Å². The van der Waals surface area contributed by atoms with E-state index in [0.717, 1.165) is 6.42 Å². The summed E-state index contributed by atoms with van der Waals surface area (Å²) < 4.78 is 37.5. The van der Waals surface area contributed by atoms with Crippen molar-refractivity contribution in [3.05, 3.63) is 45.9 Å². The number of benzene rings is 2. The van der Waals surface area contributed by atoms with Crippen LogP contribution in [0.4, 0.5) is 15.9 Å². The lowest BCUT2D eigenvalue weighted by molar-refractivity contribution is 0.0298. The zero-order valence-electron chi connectivity index (χ0n) is 16.4. The molecule has 0 aliphatic carbocycles. The summed E-state index contributed by atoms with van der Waals surface area (Å²) in [6.07, 6.45) is 2.08. The summed E-state index contributed by atoms with van der Waals surface area (Å²) >= 11 is 9.18. The number of hydrogen-bond donors (Lipinski definition) is 1. The largest absolute Gasteiger partial charge is 0.493 e. The van der Waals surface area contributed by atoms with Gasteiger partial charge in [-0.1, -0.05) is 11.6 Å². The Bertz CT molecular complexity index is 1130. The molecule has 0 amide bonds. The molecule has 162 valence electrons. The van der Waals surface area contributed by atoms with Crippen molar-refractivity contribution in [3.8, 4) is 11.5 Å². The number of fused-ring (bicyclic) bond motifs is 2. The molecular formula is C21H18BrClFN3O4. The predicted molar refractivity (Wildman–Crippen MR) is 117 cm³/mol. The molecule has 2 unspecified atom stereocenters. The molecule has 5 rings (SSSR count). The Morgan fingerprint density at radius 3 is 2.87 bits per heavy atom. The van der Waals surface area contributed by atoms with E-state index in [2.05, 4.69) is 31.2 Å². The predicted octanol–water partition coefficient (Wildman–Crippen LogP) is 4.87. The third-order valence-corrected chi connectivity index (χ3v) is 6.70. The average molecular weight is 511 g/mol. The van der Waals surface area contributed by atoms with E-state index < -0.39 is 5.82 Å². The van der Waals surface area contributed by atoms with Gasteiger partial charge in [0.15, 0.2) is 17.6 Å². The van der Waals surface area contributed by atoms with Crippen LogP contribution < -0.4 is 14.8 Å². The Balaban J connectivity index is 1.48. The maximum Gasteiger partial charge on any atom is 0.164 e. The SMILES string of the molecule is COc1cc2c(Nc3cc(F)c(Br)c(Cl)c3)ncnc2cc1O[C@@H]1COC2CCOC21. The normalized spacial score (nSPS) is 22.5. The zero-order valence-corrected chi connectivity index (χ0v) is 18.7. The zero-order chi connectivity index (χ0) is 21.5. The number of anilines is 2. The fourth-order valence-corrected chi connectivity index (χ4v) is 4.31. The topological polar surface area (TPSA) is 74.7 Å². The van der Waals surface area contributed by atoms with Crippen molar-refractivity contribution in [2.45, 2.75) is 24.7 Å². The Morgan fingerprint density at radius 2 is 2.06 bits per heavy atom. The molecule has 2 saturated heterocycles. The monoisotopic (exact) mass is 509 g/mol. The molecule has 7 nitrogen and oxygen atoms in total. The van der Waals surface area contributed by atoms with E-state index in [1.807, 2.05) is 0 Å². The minimum absolute atomic E-state index is 0.0766. The molecule has 0 bridgehead atoms. The molecule has 3 atom stereocenters. The second kappa shape index (κ2) is 8.38. The number of ether oxygens (including phenoxy) is 4. The van der Waals surface area contributed by atoms with E-state index in [9.17, 15) is 4.39 Å². The van der Waals surface area contributed by atoms with Crippen molar-refractivity contribution in [2.75, 3.05) is 25.6 Å². The third kappa shape index (κ3) is 3.91. The number of nitrogens with zero attached hydrogens (tertiary/aromatic N) is 2. The molecule has 10 heteroatoms. The second-order valence-corrected chi connectivity index (χ2v) is 8.47. The van der Waals surface area contributed by atoms with Gasteiger partial charge in [0.05, 0.1) is 34.8 Å². The third-order valence-electron chi connectivity index (χ3n) is 5.37. The fourth-order valence-electron chi connectivity index (χ4n) is 3.87. The number of rotatable bonds is 5. The number of nitrogens with one attached hydrogen (secondary N) is 1. The Morgan fingerprint density at radius 1 is 1.19 bits per heavy atom. The van der Waals surface area contributed by atoms with Gasteiger partial charge < -0.3 is 24.3 Å². The number of hydrogen-bond acceptors (Lipinski definition) is 7. The number of halogens is 3.